The van der Waals surface area contributed by atoms with Crippen LogP contribution in [0.15, 0.2) is 0 Å². The molecule has 0 aliphatic carbocycles. The first-order valence-corrected chi connectivity index (χ1v) is 3.62. The molecule has 0 radical (unpaired) electrons. The zero-order valence-electron chi connectivity index (χ0n) is 2.64. The van der Waals surface area contributed by atoms with E-state index in [4.69, 9.17) is 14.5 Å². The van der Waals surface area contributed by atoms with Gasteiger partial charge >= 0.3 is 34.6 Å². The van der Waals surface area contributed by atoms with Crippen molar-refractivity contribution in [3.63, 3.8) is 0 Å². The summed E-state index contributed by atoms with van der Waals surface area (Å²) in [5, 5.41) is 0. The molecule has 3 heteroatoms. The maximum atomic E-state index is 8.96. The molecule has 0 bridgehead atoms. The standard InChI is InChI=1S/CO.ClH.Ru.H/c1-2;;;/h;1H;;/q;;+2;-1/p-1. The average molecular weight is 166 g/mol. The Kier molecular flexibility index (Phi) is 3.92. The van der Waals surface area contributed by atoms with Crippen LogP contribution in [0.4, 0.5) is 0 Å². The second-order valence-electron chi connectivity index (χ2n) is 0.139. The Bertz CT molecular complexity index is 49.6. The van der Waals surface area contributed by atoms with Crippen molar-refractivity contribution in [3.8, 4) is 0 Å². The van der Waals surface area contributed by atoms with E-state index < -0.39 is 15.7 Å². The third-order valence-electron chi connectivity index (χ3n) is 0.0273. The smallest absolute Gasteiger partial charge is 1.00 e. The summed E-state index contributed by atoms with van der Waals surface area (Å²) in [7, 11) is 4.85. The van der Waals surface area contributed by atoms with Crippen LogP contribution < -0.4 is 0 Å². The van der Waals surface area contributed by atoms with E-state index in [0.29, 0.717) is 0 Å². The molecule has 0 fully saturated rings. The van der Waals surface area contributed by atoms with E-state index in [2.05, 4.69) is 0 Å². The van der Waals surface area contributed by atoms with Gasteiger partial charge in [0.15, 0.2) is 0 Å². The van der Waals surface area contributed by atoms with Gasteiger partial charge in [-0.25, -0.2) is 0 Å². The molecule has 0 amide bonds. The van der Waals surface area contributed by atoms with Crippen LogP contribution in [0.1, 0.15) is 1.43 Å². The van der Waals surface area contributed by atoms with Crippen molar-refractivity contribution in [2.45, 2.75) is 0 Å². The van der Waals surface area contributed by atoms with Gasteiger partial charge < -0.3 is 1.43 Å². The molecule has 0 saturated heterocycles. The number of hydrogen-bond donors (Lipinski definition) is 0. The molecule has 0 aromatic rings. The molecule has 0 aromatic carbocycles. The summed E-state index contributed by atoms with van der Waals surface area (Å²) in [4.78, 5) is 8.96. The Balaban J connectivity index is 0. The fraction of sp³-hybridized carbons (Fsp3) is 0. The summed E-state index contributed by atoms with van der Waals surface area (Å²) >= 11 is -0.594. The zero-order valence-corrected chi connectivity index (χ0v) is 4.13. The summed E-state index contributed by atoms with van der Waals surface area (Å²) in [6.07, 6.45) is 0. The Hall–Kier alpha value is 0.493. The van der Waals surface area contributed by atoms with Crippen molar-refractivity contribution in [3.05, 3.63) is 0 Å². The predicted molar refractivity (Wildman–Crippen MR) is 12.7 cm³/mol. The molecule has 0 rings (SSSR count). The summed E-state index contributed by atoms with van der Waals surface area (Å²) in [5.74, 6) is 0. The van der Waals surface area contributed by atoms with Gasteiger partial charge in [0.05, 0.1) is 0 Å². The monoisotopic (exact) mass is 166 g/mol. The molecule has 0 spiro atoms. The van der Waals surface area contributed by atoms with E-state index in [0.717, 1.165) is 0 Å². The molecule has 0 aromatic heterocycles. The van der Waals surface area contributed by atoms with Crippen molar-refractivity contribution >= 4 is 14.2 Å². The molecule has 26 valence electrons. The second-order valence-corrected chi connectivity index (χ2v) is 1.61. The van der Waals surface area contributed by atoms with Crippen LogP contribution in [-0.4, -0.2) is 4.47 Å². The first kappa shape index (κ1) is 4.49. The van der Waals surface area contributed by atoms with Crippen LogP contribution in [0.2, 0.25) is 0 Å². The maximum absolute atomic E-state index is 8.96. The third-order valence-corrected chi connectivity index (χ3v) is 0.484. The van der Waals surface area contributed by atoms with Crippen LogP contribution >= 0.6 is 9.69 Å². The Morgan fingerprint density at radius 2 is 2.50 bits per heavy atom. The molecular formula is CHClORu. The van der Waals surface area contributed by atoms with Gasteiger partial charge in [0.2, 0.25) is 0 Å². The minimum atomic E-state index is -0.594. The van der Waals surface area contributed by atoms with Crippen LogP contribution in [-0.2, 0) is 20.5 Å². The van der Waals surface area contributed by atoms with E-state index in [1.165, 1.54) is 4.47 Å². The van der Waals surface area contributed by atoms with E-state index in [1.807, 2.05) is 0 Å². The fourth-order valence-electron chi connectivity index (χ4n) is 0. The normalized spacial score (nSPS) is 5.25. The first-order chi connectivity index (χ1) is 1.91. The van der Waals surface area contributed by atoms with E-state index in [-0.39, 0.29) is 1.43 Å². The Morgan fingerprint density at radius 1 is 2.25 bits per heavy atom. The molecule has 0 aliphatic rings. The molecule has 1 nitrogen and oxygen atoms in total. The SMILES string of the molecule is O=[C]=[Ru+][Cl].[H-]. The van der Waals surface area contributed by atoms with Gasteiger partial charge in [-0.05, 0) is 0 Å². The molecular weight excluding hydrogens is 165 g/mol. The van der Waals surface area contributed by atoms with Gasteiger partial charge in [-0.2, -0.15) is 0 Å². The van der Waals surface area contributed by atoms with Gasteiger partial charge in [-0.1, -0.05) is 0 Å². The van der Waals surface area contributed by atoms with Crippen molar-refractivity contribution in [1.82, 2.24) is 0 Å². The minimum absolute atomic E-state index is 0. The Labute approximate surface area is 36.6 Å². The Morgan fingerprint density at radius 3 is 2.50 bits per heavy atom. The van der Waals surface area contributed by atoms with Gasteiger partial charge in [0, 0.05) is 0 Å². The van der Waals surface area contributed by atoms with E-state index >= 15 is 0 Å². The molecule has 0 N–H and O–H groups in total. The van der Waals surface area contributed by atoms with Crippen LogP contribution in [0.5, 0.6) is 0 Å². The van der Waals surface area contributed by atoms with Crippen LogP contribution in [0.3, 0.4) is 0 Å². The summed E-state index contributed by atoms with van der Waals surface area (Å²) < 4.78 is 1.54. The zero-order chi connectivity index (χ0) is 3.41. The van der Waals surface area contributed by atoms with Crippen molar-refractivity contribution in [1.29, 1.82) is 0 Å². The van der Waals surface area contributed by atoms with Gasteiger partial charge in [-0.3, -0.25) is 0 Å². The van der Waals surface area contributed by atoms with Gasteiger partial charge in [0.25, 0.3) is 0 Å². The van der Waals surface area contributed by atoms with E-state index in [1.54, 1.807) is 0 Å². The fourth-order valence-corrected chi connectivity index (χ4v) is 0. The van der Waals surface area contributed by atoms with Crippen molar-refractivity contribution in [2.24, 2.45) is 0 Å². The number of rotatable bonds is 0. The van der Waals surface area contributed by atoms with Crippen molar-refractivity contribution in [2.75, 3.05) is 0 Å². The summed E-state index contributed by atoms with van der Waals surface area (Å²) in [5.41, 5.74) is 0. The summed E-state index contributed by atoms with van der Waals surface area (Å²) in [6.45, 7) is 0. The van der Waals surface area contributed by atoms with Gasteiger partial charge in [0.1, 0.15) is 0 Å². The number of carbonyl (C=O) groups excluding carboxylic acids is 1. The molecule has 0 unspecified atom stereocenters. The van der Waals surface area contributed by atoms with Crippen LogP contribution in [0.25, 0.3) is 0 Å². The van der Waals surface area contributed by atoms with Crippen LogP contribution in [0, 0.1) is 0 Å². The summed E-state index contributed by atoms with van der Waals surface area (Å²) in [6, 6.07) is 0. The maximum Gasteiger partial charge on any atom is -1.00 e. The molecule has 0 atom stereocenters. The number of hydrogen-bond acceptors (Lipinski definition) is 1. The molecule has 0 aliphatic heterocycles. The number of halogens is 1. The molecule has 4 heavy (non-hydrogen) atoms. The minimum Gasteiger partial charge on any atom is -1.00 e. The first-order valence-electron chi connectivity index (χ1n) is 0.515. The predicted octanol–water partition coefficient (Wildman–Crippen LogP) is 0.402. The van der Waals surface area contributed by atoms with Crippen molar-refractivity contribution < 1.29 is 21.9 Å². The quantitative estimate of drug-likeness (QED) is 0.475. The largest absolute Gasteiger partial charge is 1.00 e. The van der Waals surface area contributed by atoms with Gasteiger partial charge in [-0.15, -0.1) is 0 Å². The third kappa shape index (κ3) is 2.49. The van der Waals surface area contributed by atoms with E-state index in [9.17, 15) is 0 Å². The second kappa shape index (κ2) is 3.49. The average Bonchev–Trinajstić information content (AvgIpc) is 1.37. The molecule has 0 saturated carbocycles. The molecule has 0 heterocycles. The topological polar surface area (TPSA) is 17.1 Å².